The predicted octanol–water partition coefficient (Wildman–Crippen LogP) is 1.19. The molecule has 0 aromatic carbocycles. The van der Waals surface area contributed by atoms with Gasteiger partial charge in [-0.2, -0.15) is 0 Å². The van der Waals surface area contributed by atoms with Crippen LogP contribution in [0.25, 0.3) is 0 Å². The maximum absolute atomic E-state index is 5.71. The SMILES string of the molecule is CN1CCCC(N(C)c2cccc(N)n2)C1. The summed E-state index contributed by atoms with van der Waals surface area (Å²) in [5, 5.41) is 0. The van der Waals surface area contributed by atoms with Crippen molar-refractivity contribution in [1.82, 2.24) is 9.88 Å². The molecule has 1 fully saturated rings. The van der Waals surface area contributed by atoms with E-state index in [1.54, 1.807) is 0 Å². The van der Waals surface area contributed by atoms with Gasteiger partial charge in [0.2, 0.25) is 0 Å². The van der Waals surface area contributed by atoms with E-state index in [0.717, 1.165) is 12.4 Å². The second-order valence-corrected chi connectivity index (χ2v) is 4.59. The molecule has 1 unspecified atom stereocenters. The van der Waals surface area contributed by atoms with Gasteiger partial charge in [-0.3, -0.25) is 0 Å². The number of rotatable bonds is 2. The summed E-state index contributed by atoms with van der Waals surface area (Å²) in [5.41, 5.74) is 5.71. The van der Waals surface area contributed by atoms with E-state index in [-0.39, 0.29) is 0 Å². The Morgan fingerprint density at radius 3 is 3.00 bits per heavy atom. The number of pyridine rings is 1. The standard InChI is InChI=1S/C12H20N4/c1-15-8-4-5-10(9-15)16(2)12-7-3-6-11(13)14-12/h3,6-7,10H,4-5,8-9H2,1-2H3,(H2,13,14). The van der Waals surface area contributed by atoms with E-state index >= 15 is 0 Å². The first-order valence-electron chi connectivity index (χ1n) is 5.81. The van der Waals surface area contributed by atoms with E-state index in [4.69, 9.17) is 5.73 Å². The summed E-state index contributed by atoms with van der Waals surface area (Å²) < 4.78 is 0. The molecule has 0 amide bonds. The van der Waals surface area contributed by atoms with Crippen molar-refractivity contribution in [2.24, 2.45) is 0 Å². The molecular weight excluding hydrogens is 200 g/mol. The summed E-state index contributed by atoms with van der Waals surface area (Å²) in [6, 6.07) is 6.35. The topological polar surface area (TPSA) is 45.4 Å². The number of likely N-dealkylation sites (N-methyl/N-ethyl adjacent to an activating group) is 2. The van der Waals surface area contributed by atoms with Gasteiger partial charge in [-0.25, -0.2) is 4.98 Å². The summed E-state index contributed by atoms with van der Waals surface area (Å²) in [6.45, 7) is 2.31. The number of nitrogen functional groups attached to an aromatic ring is 1. The first-order valence-corrected chi connectivity index (χ1v) is 5.81. The molecule has 2 rings (SSSR count). The lowest BCUT2D eigenvalue weighted by Crippen LogP contribution is -2.45. The third kappa shape index (κ3) is 2.44. The van der Waals surface area contributed by atoms with Gasteiger partial charge in [0, 0.05) is 19.6 Å². The van der Waals surface area contributed by atoms with Crippen LogP contribution in [0.1, 0.15) is 12.8 Å². The molecule has 1 aliphatic rings. The quantitative estimate of drug-likeness (QED) is 0.813. The third-order valence-corrected chi connectivity index (χ3v) is 3.26. The van der Waals surface area contributed by atoms with Crippen LogP contribution in [0, 0.1) is 0 Å². The van der Waals surface area contributed by atoms with Crippen molar-refractivity contribution in [2.75, 3.05) is 37.8 Å². The molecule has 1 atom stereocenters. The van der Waals surface area contributed by atoms with Crippen LogP contribution in [0.15, 0.2) is 18.2 Å². The van der Waals surface area contributed by atoms with Crippen molar-refractivity contribution in [2.45, 2.75) is 18.9 Å². The molecule has 0 saturated carbocycles. The van der Waals surface area contributed by atoms with Gasteiger partial charge in [0.25, 0.3) is 0 Å². The van der Waals surface area contributed by atoms with Crippen molar-refractivity contribution in [3.05, 3.63) is 18.2 Å². The Labute approximate surface area is 97.1 Å². The number of nitrogens with zero attached hydrogens (tertiary/aromatic N) is 3. The minimum atomic E-state index is 0.549. The molecule has 16 heavy (non-hydrogen) atoms. The zero-order chi connectivity index (χ0) is 11.5. The molecule has 88 valence electrons. The molecule has 0 radical (unpaired) electrons. The van der Waals surface area contributed by atoms with E-state index in [0.29, 0.717) is 11.9 Å². The Hall–Kier alpha value is -1.29. The molecule has 1 aromatic heterocycles. The molecule has 4 nitrogen and oxygen atoms in total. The Bertz CT molecular complexity index is 353. The van der Waals surface area contributed by atoms with Gasteiger partial charge in [-0.1, -0.05) is 6.07 Å². The fourth-order valence-electron chi connectivity index (χ4n) is 2.28. The molecule has 0 spiro atoms. The Morgan fingerprint density at radius 1 is 1.50 bits per heavy atom. The fraction of sp³-hybridized carbons (Fsp3) is 0.583. The lowest BCUT2D eigenvalue weighted by molar-refractivity contribution is 0.247. The molecule has 1 saturated heterocycles. The summed E-state index contributed by atoms with van der Waals surface area (Å²) in [7, 11) is 4.28. The van der Waals surface area contributed by atoms with Crippen LogP contribution in [0.2, 0.25) is 0 Å². The maximum Gasteiger partial charge on any atom is 0.130 e. The van der Waals surface area contributed by atoms with Gasteiger partial charge in [-0.15, -0.1) is 0 Å². The highest BCUT2D eigenvalue weighted by Gasteiger charge is 2.21. The lowest BCUT2D eigenvalue weighted by atomic mass is 10.1. The molecule has 0 bridgehead atoms. The average molecular weight is 220 g/mol. The van der Waals surface area contributed by atoms with Crippen molar-refractivity contribution in [3.63, 3.8) is 0 Å². The van der Waals surface area contributed by atoms with Crippen LogP contribution in [-0.4, -0.2) is 43.1 Å². The zero-order valence-electron chi connectivity index (χ0n) is 10.1. The maximum atomic E-state index is 5.71. The van der Waals surface area contributed by atoms with Crippen LogP contribution in [-0.2, 0) is 0 Å². The third-order valence-electron chi connectivity index (χ3n) is 3.26. The summed E-state index contributed by atoms with van der Waals surface area (Å²) in [5.74, 6) is 1.56. The van der Waals surface area contributed by atoms with Crippen LogP contribution < -0.4 is 10.6 Å². The number of likely N-dealkylation sites (tertiary alicyclic amines) is 1. The van der Waals surface area contributed by atoms with Gasteiger partial charge in [0.1, 0.15) is 11.6 Å². The van der Waals surface area contributed by atoms with E-state index < -0.39 is 0 Å². The average Bonchev–Trinajstić information content (AvgIpc) is 2.28. The Morgan fingerprint density at radius 2 is 2.31 bits per heavy atom. The smallest absolute Gasteiger partial charge is 0.130 e. The van der Waals surface area contributed by atoms with Crippen LogP contribution in [0.3, 0.4) is 0 Å². The zero-order valence-corrected chi connectivity index (χ0v) is 10.1. The highest BCUT2D eigenvalue weighted by Crippen LogP contribution is 2.19. The van der Waals surface area contributed by atoms with Gasteiger partial charge >= 0.3 is 0 Å². The number of aromatic nitrogens is 1. The van der Waals surface area contributed by atoms with Crippen molar-refractivity contribution in [1.29, 1.82) is 0 Å². The highest BCUT2D eigenvalue weighted by atomic mass is 15.2. The van der Waals surface area contributed by atoms with E-state index in [1.165, 1.54) is 19.4 Å². The molecular formula is C12H20N4. The van der Waals surface area contributed by atoms with Crippen LogP contribution in [0.4, 0.5) is 11.6 Å². The molecule has 0 aliphatic carbocycles. The Kier molecular flexibility index (Phi) is 3.29. The van der Waals surface area contributed by atoms with E-state index in [9.17, 15) is 0 Å². The largest absolute Gasteiger partial charge is 0.384 e. The number of hydrogen-bond acceptors (Lipinski definition) is 4. The number of hydrogen-bond donors (Lipinski definition) is 1. The monoisotopic (exact) mass is 220 g/mol. The molecule has 1 aliphatic heterocycles. The van der Waals surface area contributed by atoms with Gasteiger partial charge < -0.3 is 15.5 Å². The number of anilines is 2. The van der Waals surface area contributed by atoms with Crippen LogP contribution >= 0.6 is 0 Å². The first-order chi connectivity index (χ1) is 7.66. The number of nitrogens with two attached hydrogens (primary N) is 1. The molecule has 1 aromatic rings. The minimum absolute atomic E-state index is 0.549. The predicted molar refractivity (Wildman–Crippen MR) is 67.6 cm³/mol. The van der Waals surface area contributed by atoms with E-state index in [2.05, 4.69) is 28.9 Å². The summed E-state index contributed by atoms with van der Waals surface area (Å²) in [4.78, 5) is 8.97. The molecule has 2 N–H and O–H groups in total. The van der Waals surface area contributed by atoms with Gasteiger partial charge in [-0.05, 0) is 38.6 Å². The second kappa shape index (κ2) is 4.70. The van der Waals surface area contributed by atoms with Gasteiger partial charge in [0.15, 0.2) is 0 Å². The fourth-order valence-corrected chi connectivity index (χ4v) is 2.28. The van der Waals surface area contributed by atoms with Gasteiger partial charge in [0.05, 0.1) is 0 Å². The second-order valence-electron chi connectivity index (χ2n) is 4.59. The summed E-state index contributed by atoms with van der Waals surface area (Å²) in [6.07, 6.45) is 2.49. The number of piperidine rings is 1. The molecule has 4 heteroatoms. The first kappa shape index (κ1) is 11.2. The highest BCUT2D eigenvalue weighted by molar-refractivity contribution is 5.45. The Balaban J connectivity index is 2.09. The van der Waals surface area contributed by atoms with E-state index in [1.807, 2.05) is 18.2 Å². The molecule has 2 heterocycles. The van der Waals surface area contributed by atoms with Crippen molar-refractivity contribution >= 4 is 11.6 Å². The normalized spacial score (nSPS) is 22.0. The summed E-state index contributed by atoms with van der Waals surface area (Å²) >= 11 is 0. The van der Waals surface area contributed by atoms with Crippen LogP contribution in [0.5, 0.6) is 0 Å². The minimum Gasteiger partial charge on any atom is -0.384 e. The van der Waals surface area contributed by atoms with Crippen molar-refractivity contribution < 1.29 is 0 Å². The lowest BCUT2D eigenvalue weighted by Gasteiger charge is -2.36. The van der Waals surface area contributed by atoms with Crippen molar-refractivity contribution in [3.8, 4) is 0 Å².